The normalized spacial score (nSPS) is 11.7. The smallest absolute Gasteiger partial charge is 0.222 e. The van der Waals surface area contributed by atoms with Gasteiger partial charge in [-0.1, -0.05) is 44.2 Å². The van der Waals surface area contributed by atoms with Gasteiger partial charge in [0.05, 0.1) is 11.0 Å². The van der Waals surface area contributed by atoms with Crippen molar-refractivity contribution in [2.24, 2.45) is 11.1 Å². The third kappa shape index (κ3) is 4.37. The lowest BCUT2D eigenvalue weighted by Gasteiger charge is -2.29. The van der Waals surface area contributed by atoms with Crippen LogP contribution < -0.4 is 5.73 Å². The van der Waals surface area contributed by atoms with E-state index >= 15 is 0 Å². The highest BCUT2D eigenvalue weighted by Gasteiger charge is 2.21. The summed E-state index contributed by atoms with van der Waals surface area (Å²) in [5, 5.41) is 0. The van der Waals surface area contributed by atoms with Gasteiger partial charge in [-0.05, 0) is 36.2 Å². The second kappa shape index (κ2) is 7.92. The minimum Gasteiger partial charge on any atom is -0.345 e. The number of rotatable bonds is 7. The van der Waals surface area contributed by atoms with Gasteiger partial charge in [-0.2, -0.15) is 0 Å². The fourth-order valence-corrected chi connectivity index (χ4v) is 3.31. The molecule has 27 heavy (non-hydrogen) atoms. The molecule has 5 nitrogen and oxygen atoms in total. The minimum atomic E-state index is -0.0817. The summed E-state index contributed by atoms with van der Waals surface area (Å²) in [7, 11) is 1.85. The van der Waals surface area contributed by atoms with E-state index in [2.05, 4.69) is 36.6 Å². The summed E-state index contributed by atoms with van der Waals surface area (Å²) < 4.78 is 2.15. The van der Waals surface area contributed by atoms with E-state index in [1.807, 2.05) is 43.4 Å². The average Bonchev–Trinajstić information content (AvgIpc) is 3.04. The molecule has 0 aliphatic rings. The van der Waals surface area contributed by atoms with Crippen molar-refractivity contribution in [1.29, 1.82) is 0 Å². The summed E-state index contributed by atoms with van der Waals surface area (Å²) in [6.07, 6.45) is 1.02. The van der Waals surface area contributed by atoms with Crippen molar-refractivity contribution in [1.82, 2.24) is 14.5 Å². The summed E-state index contributed by atoms with van der Waals surface area (Å²) in [4.78, 5) is 19.2. The molecule has 5 heteroatoms. The number of aryl methyl sites for hydroxylation is 1. The van der Waals surface area contributed by atoms with Gasteiger partial charge in [0.15, 0.2) is 0 Å². The molecule has 0 aliphatic carbocycles. The molecule has 0 bridgehead atoms. The number of benzene rings is 2. The van der Waals surface area contributed by atoms with Crippen LogP contribution in [-0.4, -0.2) is 40.5 Å². The van der Waals surface area contributed by atoms with Crippen molar-refractivity contribution in [2.75, 3.05) is 20.1 Å². The minimum absolute atomic E-state index is 0.0817. The lowest BCUT2D eigenvalue weighted by Crippen LogP contribution is -2.39. The molecule has 2 N–H and O–H groups in total. The zero-order valence-corrected chi connectivity index (χ0v) is 16.4. The Kier molecular flexibility index (Phi) is 5.61. The number of hydrogen-bond acceptors (Lipinski definition) is 3. The Morgan fingerprint density at radius 3 is 2.48 bits per heavy atom. The number of carbonyl (C=O) groups excluding carboxylic acids is 1. The monoisotopic (exact) mass is 364 g/mol. The van der Waals surface area contributed by atoms with E-state index in [1.54, 1.807) is 4.90 Å². The van der Waals surface area contributed by atoms with Crippen molar-refractivity contribution in [3.63, 3.8) is 0 Å². The van der Waals surface area contributed by atoms with Gasteiger partial charge in [-0.25, -0.2) is 4.98 Å². The van der Waals surface area contributed by atoms with E-state index in [4.69, 9.17) is 10.7 Å². The number of imidazole rings is 1. The van der Waals surface area contributed by atoms with Gasteiger partial charge >= 0.3 is 0 Å². The fraction of sp³-hybridized carbons (Fsp3) is 0.364. The molecule has 3 aromatic rings. The van der Waals surface area contributed by atoms with Crippen LogP contribution >= 0.6 is 0 Å². The van der Waals surface area contributed by atoms with E-state index in [1.165, 1.54) is 0 Å². The number of fused-ring (bicyclic) bond motifs is 1. The van der Waals surface area contributed by atoms with Crippen LogP contribution in [0.1, 0.15) is 26.1 Å². The Morgan fingerprint density at radius 2 is 1.78 bits per heavy atom. The number of hydrogen-bond donors (Lipinski definition) is 1. The zero-order valence-electron chi connectivity index (χ0n) is 16.4. The Morgan fingerprint density at radius 1 is 1.11 bits per heavy atom. The van der Waals surface area contributed by atoms with Gasteiger partial charge in [-0.15, -0.1) is 0 Å². The lowest BCUT2D eigenvalue weighted by molar-refractivity contribution is -0.131. The van der Waals surface area contributed by atoms with Gasteiger partial charge in [-0.3, -0.25) is 9.36 Å². The Balaban J connectivity index is 1.82. The first-order valence-electron chi connectivity index (χ1n) is 9.37. The first-order chi connectivity index (χ1) is 12.9. The Hall–Kier alpha value is -2.66. The maximum absolute atomic E-state index is 12.6. The number of amides is 1. The zero-order chi connectivity index (χ0) is 19.4. The molecule has 0 saturated heterocycles. The van der Waals surface area contributed by atoms with E-state index in [0.29, 0.717) is 25.9 Å². The van der Waals surface area contributed by atoms with E-state index in [0.717, 1.165) is 22.5 Å². The van der Waals surface area contributed by atoms with Crippen molar-refractivity contribution in [3.8, 4) is 5.69 Å². The summed E-state index contributed by atoms with van der Waals surface area (Å²) in [6.45, 7) is 5.35. The molecule has 0 fully saturated rings. The number of nitrogens with two attached hydrogens (primary N) is 1. The third-order valence-corrected chi connectivity index (χ3v) is 4.85. The molecular weight excluding hydrogens is 336 g/mol. The van der Waals surface area contributed by atoms with Crippen LogP contribution in [0.2, 0.25) is 0 Å². The molecule has 0 unspecified atom stereocenters. The van der Waals surface area contributed by atoms with Crippen LogP contribution in [0.15, 0.2) is 54.6 Å². The molecule has 0 aliphatic heterocycles. The molecule has 1 amide bonds. The number of aromatic nitrogens is 2. The topological polar surface area (TPSA) is 64.2 Å². The summed E-state index contributed by atoms with van der Waals surface area (Å²) in [5.74, 6) is 1.02. The van der Waals surface area contributed by atoms with Gasteiger partial charge in [0.2, 0.25) is 5.91 Å². The van der Waals surface area contributed by atoms with Crippen LogP contribution in [0.4, 0.5) is 0 Å². The molecule has 142 valence electrons. The van der Waals surface area contributed by atoms with Crippen molar-refractivity contribution < 1.29 is 4.79 Å². The molecule has 0 atom stereocenters. The first-order valence-corrected chi connectivity index (χ1v) is 9.37. The molecule has 3 rings (SSSR count). The molecule has 2 aromatic carbocycles. The maximum atomic E-state index is 12.6. The van der Waals surface area contributed by atoms with Crippen LogP contribution in [-0.2, 0) is 11.2 Å². The van der Waals surface area contributed by atoms with Crippen molar-refractivity contribution in [2.45, 2.75) is 26.7 Å². The Bertz CT molecular complexity index is 914. The lowest BCUT2D eigenvalue weighted by atomic mass is 9.93. The van der Waals surface area contributed by atoms with Crippen molar-refractivity contribution >= 4 is 16.9 Å². The molecule has 0 spiro atoms. The highest BCUT2D eigenvalue weighted by atomic mass is 16.2. The predicted molar refractivity (Wildman–Crippen MR) is 110 cm³/mol. The van der Waals surface area contributed by atoms with Gasteiger partial charge in [0.1, 0.15) is 5.82 Å². The fourth-order valence-electron chi connectivity index (χ4n) is 3.31. The van der Waals surface area contributed by atoms with Crippen LogP contribution in [0.3, 0.4) is 0 Å². The number of carbonyl (C=O) groups is 1. The van der Waals surface area contributed by atoms with Gasteiger partial charge in [0, 0.05) is 32.1 Å². The van der Waals surface area contributed by atoms with Gasteiger partial charge in [0.25, 0.3) is 0 Å². The quantitative estimate of drug-likeness (QED) is 0.699. The number of nitrogens with zero attached hydrogens (tertiary/aromatic N) is 3. The second-order valence-electron chi connectivity index (χ2n) is 7.81. The summed E-state index contributed by atoms with van der Waals surface area (Å²) in [5.41, 5.74) is 8.78. The van der Waals surface area contributed by atoms with Crippen LogP contribution in [0, 0.1) is 5.41 Å². The summed E-state index contributed by atoms with van der Waals surface area (Å²) >= 11 is 0. The van der Waals surface area contributed by atoms with Gasteiger partial charge < -0.3 is 10.6 Å². The van der Waals surface area contributed by atoms with Crippen LogP contribution in [0.25, 0.3) is 16.7 Å². The standard InChI is InChI=1S/C22H28N4O/c1-22(2,15-23)16-25(3)21(27)14-13-20-24-18-11-7-8-12-19(18)26(20)17-9-5-4-6-10-17/h4-12H,13-16,23H2,1-3H3. The molecular formula is C22H28N4O. The van der Waals surface area contributed by atoms with Crippen molar-refractivity contribution in [3.05, 3.63) is 60.4 Å². The molecule has 1 heterocycles. The highest BCUT2D eigenvalue weighted by molar-refractivity contribution is 5.79. The maximum Gasteiger partial charge on any atom is 0.222 e. The molecule has 0 radical (unpaired) electrons. The summed E-state index contributed by atoms with van der Waals surface area (Å²) in [6, 6.07) is 18.2. The average molecular weight is 364 g/mol. The molecule has 0 saturated carbocycles. The second-order valence-corrected chi connectivity index (χ2v) is 7.81. The third-order valence-electron chi connectivity index (χ3n) is 4.85. The SMILES string of the molecule is CN(CC(C)(C)CN)C(=O)CCc1nc2ccccc2n1-c1ccccc1. The van der Waals surface area contributed by atoms with E-state index in [9.17, 15) is 4.79 Å². The molecule has 1 aromatic heterocycles. The van der Waals surface area contributed by atoms with E-state index in [-0.39, 0.29) is 11.3 Å². The van der Waals surface area contributed by atoms with Crippen LogP contribution in [0.5, 0.6) is 0 Å². The largest absolute Gasteiger partial charge is 0.345 e. The Labute approximate surface area is 160 Å². The highest BCUT2D eigenvalue weighted by Crippen LogP contribution is 2.22. The number of para-hydroxylation sites is 3. The van der Waals surface area contributed by atoms with E-state index < -0.39 is 0 Å². The predicted octanol–water partition coefficient (Wildman–Crippen LogP) is 3.40. The first kappa shape index (κ1) is 19.1.